The van der Waals surface area contributed by atoms with Gasteiger partial charge in [-0.2, -0.15) is 0 Å². The Kier molecular flexibility index (Phi) is 8.01. The van der Waals surface area contributed by atoms with Gasteiger partial charge in [-0.05, 0) is 12.1 Å². The van der Waals surface area contributed by atoms with E-state index in [4.69, 9.17) is 15.2 Å². The number of methoxy groups -OCH3 is 1. The summed E-state index contributed by atoms with van der Waals surface area (Å²) in [7, 11) is 1.55. The second-order valence-electron chi connectivity index (χ2n) is 4.17. The molecule has 0 aliphatic carbocycles. The van der Waals surface area contributed by atoms with E-state index in [9.17, 15) is 14.4 Å². The lowest BCUT2D eigenvalue weighted by molar-refractivity contribution is -0.121. The summed E-state index contributed by atoms with van der Waals surface area (Å²) in [4.78, 5) is 34.7. The Bertz CT molecular complexity index is 536. The molecule has 0 spiro atoms. The van der Waals surface area contributed by atoms with Crippen LogP contribution in [0.3, 0.4) is 0 Å². The number of hydrogen-bond acceptors (Lipinski definition) is 6. The van der Waals surface area contributed by atoms with Gasteiger partial charge in [-0.1, -0.05) is 12.1 Å². The third kappa shape index (κ3) is 6.59. The molecule has 22 heavy (non-hydrogen) atoms. The Balaban J connectivity index is 2.58. The normalized spacial score (nSPS) is 10.0. The summed E-state index contributed by atoms with van der Waals surface area (Å²) in [5.74, 6) is -1.39. The molecule has 0 unspecified atom stereocenters. The topological polar surface area (TPSA) is 108 Å². The second-order valence-corrected chi connectivity index (χ2v) is 5.19. The van der Waals surface area contributed by atoms with Crippen molar-refractivity contribution in [3.63, 3.8) is 0 Å². The van der Waals surface area contributed by atoms with Crippen LogP contribution in [0.5, 0.6) is 0 Å². The molecule has 8 heteroatoms. The maximum absolute atomic E-state index is 11.9. The van der Waals surface area contributed by atoms with E-state index in [2.05, 4.69) is 5.32 Å². The molecular weight excluding hydrogens is 308 g/mol. The Labute approximate surface area is 132 Å². The lowest BCUT2D eigenvalue weighted by Crippen LogP contribution is -2.28. The van der Waals surface area contributed by atoms with E-state index in [0.29, 0.717) is 23.6 Å². The van der Waals surface area contributed by atoms with Crippen molar-refractivity contribution in [3.8, 4) is 0 Å². The average molecular weight is 326 g/mol. The molecule has 0 atom stereocenters. The minimum atomic E-state index is -0.726. The summed E-state index contributed by atoms with van der Waals surface area (Å²) in [6.45, 7) is 0.389. The fourth-order valence-electron chi connectivity index (χ4n) is 1.46. The molecular formula is C14H18N2O5S. The lowest BCUT2D eigenvalue weighted by atomic mass is 10.2. The Morgan fingerprint density at radius 3 is 2.68 bits per heavy atom. The Morgan fingerprint density at radius 1 is 1.27 bits per heavy atom. The number of benzene rings is 1. The fraction of sp³-hybridized carbons (Fsp3) is 0.357. The van der Waals surface area contributed by atoms with Gasteiger partial charge < -0.3 is 20.5 Å². The number of amides is 2. The van der Waals surface area contributed by atoms with Crippen LogP contribution in [0.25, 0.3) is 0 Å². The zero-order chi connectivity index (χ0) is 16.4. The van der Waals surface area contributed by atoms with Crippen LogP contribution in [0, 0.1) is 0 Å². The summed E-state index contributed by atoms with van der Waals surface area (Å²) in [5, 5.41) is 2.68. The first-order valence-corrected chi connectivity index (χ1v) is 7.46. The van der Waals surface area contributed by atoms with Crippen LogP contribution in [-0.2, 0) is 19.1 Å². The molecule has 0 saturated carbocycles. The van der Waals surface area contributed by atoms with Gasteiger partial charge in [-0.15, -0.1) is 11.8 Å². The summed E-state index contributed by atoms with van der Waals surface area (Å²) in [6.07, 6.45) is 0. The van der Waals surface area contributed by atoms with Crippen LogP contribution in [0.2, 0.25) is 0 Å². The molecule has 0 saturated heterocycles. The number of thioether (sulfide) groups is 1. The SMILES string of the molecule is COCCNC(=O)CSc1ccccc1C(=O)OCC(N)=O. The Morgan fingerprint density at radius 2 is 2.00 bits per heavy atom. The number of esters is 1. The van der Waals surface area contributed by atoms with Gasteiger partial charge in [0.15, 0.2) is 6.61 Å². The summed E-state index contributed by atoms with van der Waals surface area (Å²) < 4.78 is 9.60. The van der Waals surface area contributed by atoms with Crippen LogP contribution < -0.4 is 11.1 Å². The molecule has 7 nitrogen and oxygen atoms in total. The highest BCUT2D eigenvalue weighted by atomic mass is 32.2. The maximum Gasteiger partial charge on any atom is 0.339 e. The molecule has 0 radical (unpaired) electrons. The van der Waals surface area contributed by atoms with Crippen molar-refractivity contribution in [2.24, 2.45) is 5.73 Å². The third-order valence-corrected chi connectivity index (χ3v) is 3.51. The molecule has 2 amide bonds. The van der Waals surface area contributed by atoms with Crippen LogP contribution in [0.15, 0.2) is 29.2 Å². The third-order valence-electron chi connectivity index (χ3n) is 2.44. The van der Waals surface area contributed by atoms with Crippen molar-refractivity contribution in [1.29, 1.82) is 0 Å². The molecule has 0 aromatic heterocycles. The monoisotopic (exact) mass is 326 g/mol. The number of primary amides is 1. The maximum atomic E-state index is 11.9. The van der Waals surface area contributed by atoms with Crippen molar-refractivity contribution in [1.82, 2.24) is 5.32 Å². The van der Waals surface area contributed by atoms with Crippen molar-refractivity contribution in [2.75, 3.05) is 32.6 Å². The quantitative estimate of drug-likeness (QED) is 0.381. The van der Waals surface area contributed by atoms with Crippen LogP contribution >= 0.6 is 11.8 Å². The highest BCUT2D eigenvalue weighted by Gasteiger charge is 2.14. The van der Waals surface area contributed by atoms with E-state index in [1.807, 2.05) is 0 Å². The molecule has 3 N–H and O–H groups in total. The van der Waals surface area contributed by atoms with E-state index >= 15 is 0 Å². The minimum absolute atomic E-state index is 0.157. The van der Waals surface area contributed by atoms with Crippen LogP contribution in [0.4, 0.5) is 0 Å². The van der Waals surface area contributed by atoms with E-state index in [-0.39, 0.29) is 11.7 Å². The molecule has 0 aliphatic rings. The van der Waals surface area contributed by atoms with Crippen LogP contribution in [-0.4, -0.2) is 50.4 Å². The smallest absolute Gasteiger partial charge is 0.339 e. The van der Waals surface area contributed by atoms with Gasteiger partial charge in [0.1, 0.15) is 0 Å². The molecule has 1 aromatic carbocycles. The van der Waals surface area contributed by atoms with Gasteiger partial charge in [-0.25, -0.2) is 4.79 Å². The number of hydrogen-bond donors (Lipinski definition) is 2. The molecule has 0 fully saturated rings. The summed E-state index contributed by atoms with van der Waals surface area (Å²) in [6, 6.07) is 6.68. The molecule has 1 aromatic rings. The number of carbonyl (C=O) groups excluding carboxylic acids is 3. The van der Waals surface area contributed by atoms with Gasteiger partial charge in [0, 0.05) is 18.6 Å². The average Bonchev–Trinajstić information content (AvgIpc) is 2.51. The molecule has 120 valence electrons. The van der Waals surface area contributed by atoms with Crippen LogP contribution in [0.1, 0.15) is 10.4 Å². The predicted molar refractivity (Wildman–Crippen MR) is 81.5 cm³/mol. The largest absolute Gasteiger partial charge is 0.452 e. The van der Waals surface area contributed by atoms with Gasteiger partial charge in [-0.3, -0.25) is 9.59 Å². The van der Waals surface area contributed by atoms with Crippen molar-refractivity contribution < 1.29 is 23.9 Å². The number of nitrogens with two attached hydrogens (primary N) is 1. The summed E-state index contributed by atoms with van der Waals surface area (Å²) >= 11 is 1.21. The van der Waals surface area contributed by atoms with Crippen molar-refractivity contribution in [2.45, 2.75) is 4.90 Å². The van der Waals surface area contributed by atoms with Gasteiger partial charge >= 0.3 is 5.97 Å². The molecule has 0 aliphatic heterocycles. The molecule has 1 rings (SSSR count). The van der Waals surface area contributed by atoms with Gasteiger partial charge in [0.2, 0.25) is 5.91 Å². The highest BCUT2D eigenvalue weighted by molar-refractivity contribution is 8.00. The molecule has 0 bridgehead atoms. The first kappa shape index (κ1) is 18.0. The first-order valence-electron chi connectivity index (χ1n) is 6.47. The second kappa shape index (κ2) is 9.80. The first-order chi connectivity index (χ1) is 10.5. The standard InChI is InChI=1S/C14H18N2O5S/c1-20-7-6-16-13(18)9-22-11-5-3-2-4-10(11)14(19)21-8-12(15)17/h2-5H,6-9H2,1H3,(H2,15,17)(H,16,18). The van der Waals surface area contributed by atoms with Gasteiger partial charge in [0.05, 0.1) is 17.9 Å². The van der Waals surface area contributed by atoms with E-state index in [1.54, 1.807) is 31.4 Å². The number of rotatable bonds is 9. The number of carbonyl (C=O) groups is 3. The zero-order valence-electron chi connectivity index (χ0n) is 12.2. The van der Waals surface area contributed by atoms with E-state index < -0.39 is 18.5 Å². The zero-order valence-corrected chi connectivity index (χ0v) is 13.0. The fourth-order valence-corrected chi connectivity index (χ4v) is 2.33. The summed E-state index contributed by atoms with van der Waals surface area (Å²) in [5.41, 5.74) is 5.22. The van der Waals surface area contributed by atoms with Crippen molar-refractivity contribution in [3.05, 3.63) is 29.8 Å². The Hall–Kier alpha value is -2.06. The number of nitrogens with one attached hydrogen (secondary N) is 1. The van der Waals surface area contributed by atoms with Crippen molar-refractivity contribution >= 4 is 29.5 Å². The van der Waals surface area contributed by atoms with E-state index in [0.717, 1.165) is 0 Å². The highest BCUT2D eigenvalue weighted by Crippen LogP contribution is 2.23. The number of ether oxygens (including phenoxy) is 2. The van der Waals surface area contributed by atoms with E-state index in [1.165, 1.54) is 11.8 Å². The predicted octanol–water partition coefficient (Wildman–Crippen LogP) is 0.183. The lowest BCUT2D eigenvalue weighted by Gasteiger charge is -2.09. The molecule has 0 heterocycles. The minimum Gasteiger partial charge on any atom is -0.452 e. The van der Waals surface area contributed by atoms with Gasteiger partial charge in [0.25, 0.3) is 5.91 Å².